The van der Waals surface area contributed by atoms with Crippen LogP contribution in [0.4, 0.5) is 10.5 Å². The van der Waals surface area contributed by atoms with Crippen molar-refractivity contribution >= 4 is 23.3 Å². The number of rotatable bonds is 7. The lowest BCUT2D eigenvalue weighted by Gasteiger charge is -2.22. The number of carbonyl (C=O) groups excluding carboxylic acids is 1. The van der Waals surface area contributed by atoms with E-state index in [1.165, 1.54) is 0 Å². The van der Waals surface area contributed by atoms with Crippen molar-refractivity contribution in [2.24, 2.45) is 0 Å². The van der Waals surface area contributed by atoms with Crippen molar-refractivity contribution in [1.29, 1.82) is 0 Å². The molecular weight excluding hydrogens is 352 g/mol. The Kier molecular flexibility index (Phi) is 7.16. The molecule has 0 aromatic heterocycles. The normalized spacial score (nSPS) is 10.3. The molecule has 2 aromatic rings. The van der Waals surface area contributed by atoms with Gasteiger partial charge in [-0.2, -0.15) is 0 Å². The van der Waals surface area contributed by atoms with E-state index < -0.39 is 0 Å². The van der Waals surface area contributed by atoms with E-state index >= 15 is 0 Å². The minimum Gasteiger partial charge on any atom is -0.493 e. The van der Waals surface area contributed by atoms with E-state index in [0.29, 0.717) is 41.9 Å². The summed E-state index contributed by atoms with van der Waals surface area (Å²) in [5, 5.41) is 3.52. The molecule has 0 aliphatic carbocycles. The van der Waals surface area contributed by atoms with Gasteiger partial charge in [-0.3, -0.25) is 0 Å². The van der Waals surface area contributed by atoms with Crippen LogP contribution in [0.2, 0.25) is 5.02 Å². The standard InChI is InChI=1S/C20H25ClN2O3/c1-5-23(20(24)22-16-9-7-14(3)17(21)12-16)13-15-8-10-18(26-6-2)19(11-15)25-4/h7-12H,5-6,13H2,1-4H3,(H,22,24). The number of amides is 2. The van der Waals surface area contributed by atoms with Gasteiger partial charge >= 0.3 is 6.03 Å². The zero-order valence-electron chi connectivity index (χ0n) is 15.6. The molecule has 5 nitrogen and oxygen atoms in total. The number of benzene rings is 2. The molecule has 26 heavy (non-hydrogen) atoms. The molecule has 2 aromatic carbocycles. The quantitative estimate of drug-likeness (QED) is 0.730. The smallest absolute Gasteiger partial charge is 0.322 e. The van der Waals surface area contributed by atoms with Gasteiger partial charge in [0.2, 0.25) is 0 Å². The Hall–Kier alpha value is -2.40. The van der Waals surface area contributed by atoms with Gasteiger partial charge in [0.05, 0.1) is 13.7 Å². The first kappa shape index (κ1) is 19.9. The molecule has 140 valence electrons. The van der Waals surface area contributed by atoms with E-state index in [2.05, 4.69) is 5.32 Å². The van der Waals surface area contributed by atoms with Gasteiger partial charge in [0.25, 0.3) is 0 Å². The molecule has 0 fully saturated rings. The number of urea groups is 1. The van der Waals surface area contributed by atoms with E-state index in [1.54, 1.807) is 18.1 Å². The molecule has 2 rings (SSSR count). The van der Waals surface area contributed by atoms with Gasteiger partial charge in [-0.15, -0.1) is 0 Å². The molecule has 1 N–H and O–H groups in total. The second-order valence-corrected chi connectivity index (χ2v) is 6.23. The second-order valence-electron chi connectivity index (χ2n) is 5.83. The summed E-state index contributed by atoms with van der Waals surface area (Å²) in [6.45, 7) is 7.39. The SMILES string of the molecule is CCOc1ccc(CN(CC)C(=O)Nc2ccc(C)c(Cl)c2)cc1OC. The van der Waals surface area contributed by atoms with Crippen molar-refractivity contribution in [1.82, 2.24) is 4.90 Å². The number of halogens is 1. The zero-order chi connectivity index (χ0) is 19.1. The fraction of sp³-hybridized carbons (Fsp3) is 0.350. The Labute approximate surface area is 159 Å². The van der Waals surface area contributed by atoms with Gasteiger partial charge in [-0.1, -0.05) is 23.7 Å². The number of carbonyl (C=O) groups is 1. The molecule has 2 amide bonds. The number of methoxy groups -OCH3 is 1. The van der Waals surface area contributed by atoms with Crippen molar-refractivity contribution in [3.63, 3.8) is 0 Å². The van der Waals surface area contributed by atoms with Gasteiger partial charge in [0, 0.05) is 23.8 Å². The average molecular weight is 377 g/mol. The lowest BCUT2D eigenvalue weighted by atomic mass is 10.2. The number of anilines is 1. The van der Waals surface area contributed by atoms with Crippen LogP contribution in [0.25, 0.3) is 0 Å². The van der Waals surface area contributed by atoms with E-state index in [1.807, 2.05) is 51.1 Å². The van der Waals surface area contributed by atoms with Crippen LogP contribution in [0.5, 0.6) is 11.5 Å². The predicted molar refractivity (Wildman–Crippen MR) is 105 cm³/mol. The first-order chi connectivity index (χ1) is 12.5. The number of aryl methyl sites for hydroxylation is 1. The minimum atomic E-state index is -0.180. The van der Waals surface area contributed by atoms with E-state index in [4.69, 9.17) is 21.1 Å². The van der Waals surface area contributed by atoms with Crippen LogP contribution in [-0.2, 0) is 6.54 Å². The maximum atomic E-state index is 12.6. The number of nitrogens with one attached hydrogen (secondary N) is 1. The van der Waals surface area contributed by atoms with Crippen molar-refractivity contribution < 1.29 is 14.3 Å². The molecule has 0 atom stereocenters. The highest BCUT2D eigenvalue weighted by atomic mass is 35.5. The Bertz CT molecular complexity index is 765. The third kappa shape index (κ3) is 5.05. The van der Waals surface area contributed by atoms with Crippen LogP contribution < -0.4 is 14.8 Å². The molecule has 0 unspecified atom stereocenters. The summed E-state index contributed by atoms with van der Waals surface area (Å²) in [5.74, 6) is 1.35. The van der Waals surface area contributed by atoms with Crippen LogP contribution in [0.3, 0.4) is 0 Å². The number of hydrogen-bond donors (Lipinski definition) is 1. The van der Waals surface area contributed by atoms with Gasteiger partial charge < -0.3 is 19.7 Å². The van der Waals surface area contributed by atoms with Crippen LogP contribution >= 0.6 is 11.6 Å². The maximum Gasteiger partial charge on any atom is 0.322 e. The number of ether oxygens (including phenoxy) is 2. The molecule has 0 aliphatic rings. The summed E-state index contributed by atoms with van der Waals surface area (Å²) in [6, 6.07) is 11.0. The van der Waals surface area contributed by atoms with Gasteiger partial charge in [0.1, 0.15) is 0 Å². The monoisotopic (exact) mass is 376 g/mol. The predicted octanol–water partition coefficient (Wildman–Crippen LogP) is 5.11. The highest BCUT2D eigenvalue weighted by Crippen LogP contribution is 2.28. The summed E-state index contributed by atoms with van der Waals surface area (Å²) >= 11 is 6.12. The molecule has 0 spiro atoms. The molecule has 0 saturated carbocycles. The second kappa shape index (κ2) is 9.34. The van der Waals surface area contributed by atoms with E-state index in [9.17, 15) is 4.79 Å². The largest absolute Gasteiger partial charge is 0.493 e. The van der Waals surface area contributed by atoms with Crippen LogP contribution in [0, 0.1) is 6.92 Å². The summed E-state index contributed by atoms with van der Waals surface area (Å²) < 4.78 is 10.9. The molecular formula is C20H25ClN2O3. The molecule has 0 saturated heterocycles. The topological polar surface area (TPSA) is 50.8 Å². The third-order valence-corrected chi connectivity index (χ3v) is 4.40. The zero-order valence-corrected chi connectivity index (χ0v) is 16.4. The molecule has 0 heterocycles. The van der Waals surface area contributed by atoms with E-state index in [0.717, 1.165) is 11.1 Å². The van der Waals surface area contributed by atoms with Crippen LogP contribution in [0.15, 0.2) is 36.4 Å². The first-order valence-corrected chi connectivity index (χ1v) is 8.98. The fourth-order valence-electron chi connectivity index (χ4n) is 2.51. The highest BCUT2D eigenvalue weighted by molar-refractivity contribution is 6.31. The molecule has 0 radical (unpaired) electrons. The third-order valence-electron chi connectivity index (χ3n) is 3.99. The Morgan fingerprint density at radius 3 is 2.54 bits per heavy atom. The van der Waals surface area contributed by atoms with Crippen LogP contribution in [0.1, 0.15) is 25.0 Å². The lowest BCUT2D eigenvalue weighted by molar-refractivity contribution is 0.212. The van der Waals surface area contributed by atoms with E-state index in [-0.39, 0.29) is 6.03 Å². The maximum absolute atomic E-state index is 12.6. The van der Waals surface area contributed by atoms with Crippen molar-refractivity contribution in [2.75, 3.05) is 25.6 Å². The molecule has 0 bridgehead atoms. The highest BCUT2D eigenvalue weighted by Gasteiger charge is 2.14. The Balaban J connectivity index is 2.10. The summed E-state index contributed by atoms with van der Waals surface area (Å²) in [4.78, 5) is 14.3. The number of nitrogens with zero attached hydrogens (tertiary/aromatic N) is 1. The van der Waals surface area contributed by atoms with Crippen molar-refractivity contribution in [3.05, 3.63) is 52.5 Å². The summed E-state index contributed by atoms with van der Waals surface area (Å²) in [7, 11) is 1.60. The number of hydrogen-bond acceptors (Lipinski definition) is 3. The average Bonchev–Trinajstić information content (AvgIpc) is 2.63. The minimum absolute atomic E-state index is 0.180. The summed E-state index contributed by atoms with van der Waals surface area (Å²) in [6.07, 6.45) is 0. The molecule has 0 aliphatic heterocycles. The Morgan fingerprint density at radius 1 is 1.15 bits per heavy atom. The van der Waals surface area contributed by atoms with Crippen molar-refractivity contribution in [2.45, 2.75) is 27.3 Å². The first-order valence-electron chi connectivity index (χ1n) is 8.60. The van der Waals surface area contributed by atoms with Crippen LogP contribution in [-0.4, -0.2) is 31.2 Å². The lowest BCUT2D eigenvalue weighted by Crippen LogP contribution is -2.34. The van der Waals surface area contributed by atoms with Gasteiger partial charge in [-0.25, -0.2) is 4.79 Å². The summed E-state index contributed by atoms with van der Waals surface area (Å²) in [5.41, 5.74) is 2.61. The fourth-order valence-corrected chi connectivity index (χ4v) is 2.69. The molecule has 6 heteroatoms. The Morgan fingerprint density at radius 2 is 1.92 bits per heavy atom. The van der Waals surface area contributed by atoms with Crippen molar-refractivity contribution in [3.8, 4) is 11.5 Å². The van der Waals surface area contributed by atoms with Gasteiger partial charge in [0.15, 0.2) is 11.5 Å². The van der Waals surface area contributed by atoms with Gasteiger partial charge in [-0.05, 0) is 56.2 Å².